The number of carbonyl (C=O) groups is 2. The molecule has 1 heterocycles. The lowest BCUT2D eigenvalue weighted by Crippen LogP contribution is -2.30. The molecule has 0 spiro atoms. The molecule has 0 aromatic heterocycles. The zero-order valence-corrected chi connectivity index (χ0v) is 19.7. The van der Waals surface area contributed by atoms with Crippen molar-refractivity contribution in [1.29, 1.82) is 0 Å². The average Bonchev–Trinajstić information content (AvgIpc) is 3.07. The maximum absolute atomic E-state index is 13.9. The maximum Gasteiger partial charge on any atom is 0.329 e. The van der Waals surface area contributed by atoms with Gasteiger partial charge in [-0.3, -0.25) is 19.8 Å². The third-order valence-electron chi connectivity index (χ3n) is 5.03. The van der Waals surface area contributed by atoms with Crippen LogP contribution < -0.4 is 10.1 Å². The van der Waals surface area contributed by atoms with Gasteiger partial charge in [-0.25, -0.2) is 9.18 Å². The van der Waals surface area contributed by atoms with E-state index in [0.29, 0.717) is 16.9 Å². The molecule has 1 aliphatic rings. The van der Waals surface area contributed by atoms with Gasteiger partial charge in [0.2, 0.25) is 0 Å². The molecule has 3 aromatic rings. The van der Waals surface area contributed by atoms with Gasteiger partial charge in [0, 0.05) is 17.7 Å². The van der Waals surface area contributed by atoms with Crippen molar-refractivity contribution in [1.82, 2.24) is 10.2 Å². The number of nitro benzene ring substituents is 1. The third-order valence-corrected chi connectivity index (χ3v) is 5.87. The Morgan fingerprint density at radius 1 is 1.09 bits per heavy atom. The quantitative estimate of drug-likeness (QED) is 0.141. The fourth-order valence-corrected chi connectivity index (χ4v) is 4.02. The number of hydrogen-bond donors (Lipinski definition) is 1. The number of imide groups is 1. The lowest BCUT2D eigenvalue weighted by atomic mass is 10.1. The molecule has 1 aliphatic heterocycles. The topological polar surface area (TPSA) is 102 Å². The first-order valence-electron chi connectivity index (χ1n) is 10.1. The van der Waals surface area contributed by atoms with Crippen molar-refractivity contribution in [3.8, 4) is 5.75 Å². The van der Waals surface area contributed by atoms with E-state index >= 15 is 0 Å². The highest BCUT2D eigenvalue weighted by Crippen LogP contribution is 2.26. The van der Waals surface area contributed by atoms with Gasteiger partial charge in [-0.2, -0.15) is 0 Å². The first-order valence-corrected chi connectivity index (χ1v) is 11.1. The Kier molecular flexibility index (Phi) is 6.87. The number of ether oxygens (including phenoxy) is 1. The molecule has 3 amide bonds. The van der Waals surface area contributed by atoms with E-state index in [-0.39, 0.29) is 30.1 Å². The number of non-ortho nitro benzene ring substituents is 1. The molecule has 172 valence electrons. The van der Waals surface area contributed by atoms with Crippen molar-refractivity contribution in [2.24, 2.45) is 0 Å². The Morgan fingerprint density at radius 3 is 2.62 bits per heavy atom. The number of nitro groups is 1. The van der Waals surface area contributed by atoms with Crippen molar-refractivity contribution < 1.29 is 23.6 Å². The molecule has 1 N–H and O–H groups in total. The SMILES string of the molecule is O=C1N/C(=C/c2ccc(OCc3cccc([N+](=O)[O-])c3)c(I)c2)C(=O)N1Cc1ccccc1F. The lowest BCUT2D eigenvalue weighted by molar-refractivity contribution is -0.384. The molecule has 3 aromatic carbocycles. The molecule has 0 radical (unpaired) electrons. The maximum atomic E-state index is 13.9. The van der Waals surface area contributed by atoms with Crippen molar-refractivity contribution in [3.05, 3.63) is 109 Å². The molecule has 0 bridgehead atoms. The number of rotatable bonds is 7. The second kappa shape index (κ2) is 10.00. The second-order valence-corrected chi connectivity index (χ2v) is 8.54. The minimum Gasteiger partial charge on any atom is -0.488 e. The molecule has 34 heavy (non-hydrogen) atoms. The Labute approximate surface area is 207 Å². The van der Waals surface area contributed by atoms with Crippen LogP contribution in [0.5, 0.6) is 5.75 Å². The molecular formula is C24H17FIN3O5. The molecule has 4 rings (SSSR count). The lowest BCUT2D eigenvalue weighted by Gasteiger charge is -2.12. The van der Waals surface area contributed by atoms with Crippen LogP contribution in [0.15, 0.2) is 72.4 Å². The number of urea groups is 1. The predicted molar refractivity (Wildman–Crippen MR) is 130 cm³/mol. The van der Waals surface area contributed by atoms with Crippen molar-refractivity contribution in [2.75, 3.05) is 0 Å². The summed E-state index contributed by atoms with van der Waals surface area (Å²) in [5.74, 6) is -0.470. The summed E-state index contributed by atoms with van der Waals surface area (Å²) in [6, 6.07) is 16.7. The summed E-state index contributed by atoms with van der Waals surface area (Å²) >= 11 is 2.08. The number of nitrogens with one attached hydrogen (secondary N) is 1. The van der Waals surface area contributed by atoms with Crippen LogP contribution >= 0.6 is 22.6 Å². The number of carbonyl (C=O) groups excluding carboxylic acids is 2. The summed E-state index contributed by atoms with van der Waals surface area (Å²) in [6.45, 7) is -0.0195. The summed E-state index contributed by atoms with van der Waals surface area (Å²) in [5.41, 5.74) is 1.63. The normalized spacial score (nSPS) is 14.4. The van der Waals surface area contributed by atoms with E-state index in [2.05, 4.69) is 27.9 Å². The average molecular weight is 573 g/mol. The van der Waals surface area contributed by atoms with Gasteiger partial charge >= 0.3 is 6.03 Å². The molecular weight excluding hydrogens is 556 g/mol. The molecule has 1 fully saturated rings. The van der Waals surface area contributed by atoms with E-state index in [4.69, 9.17) is 4.74 Å². The predicted octanol–water partition coefficient (Wildman–Crippen LogP) is 5.01. The number of halogens is 2. The minimum absolute atomic E-state index is 0.00917. The smallest absolute Gasteiger partial charge is 0.329 e. The molecule has 0 aliphatic carbocycles. The molecule has 0 saturated carbocycles. The highest BCUT2D eigenvalue weighted by atomic mass is 127. The summed E-state index contributed by atoms with van der Waals surface area (Å²) in [5, 5.41) is 13.4. The fourth-order valence-electron chi connectivity index (χ4n) is 3.32. The largest absolute Gasteiger partial charge is 0.488 e. The Morgan fingerprint density at radius 2 is 1.88 bits per heavy atom. The van der Waals surface area contributed by atoms with Gasteiger partial charge in [0.1, 0.15) is 23.9 Å². The zero-order valence-electron chi connectivity index (χ0n) is 17.5. The summed E-state index contributed by atoms with van der Waals surface area (Å²) < 4.78 is 20.5. The van der Waals surface area contributed by atoms with Gasteiger partial charge in [0.25, 0.3) is 11.6 Å². The Balaban J connectivity index is 1.45. The van der Waals surface area contributed by atoms with Crippen LogP contribution in [0.1, 0.15) is 16.7 Å². The van der Waals surface area contributed by atoms with E-state index in [1.807, 2.05) is 0 Å². The van der Waals surface area contributed by atoms with Gasteiger partial charge in [-0.05, 0) is 58.0 Å². The van der Waals surface area contributed by atoms with Crippen LogP contribution in [0.3, 0.4) is 0 Å². The highest BCUT2D eigenvalue weighted by molar-refractivity contribution is 14.1. The summed E-state index contributed by atoms with van der Waals surface area (Å²) in [6.07, 6.45) is 1.54. The number of nitrogens with zero attached hydrogens (tertiary/aromatic N) is 2. The number of amides is 3. The minimum atomic E-state index is -0.619. The van der Waals surface area contributed by atoms with Gasteiger partial charge in [0.05, 0.1) is 15.0 Å². The molecule has 1 saturated heterocycles. The standard InChI is InChI=1S/C24H17FIN3O5/c25-19-7-2-1-5-17(19)13-28-23(30)21(27-24(28)31)12-15-8-9-22(20(26)11-15)34-14-16-4-3-6-18(10-16)29(32)33/h1-12H,13-14H2,(H,27,31)/b21-12+. The highest BCUT2D eigenvalue weighted by Gasteiger charge is 2.34. The Bertz CT molecular complexity index is 1330. The summed E-state index contributed by atoms with van der Waals surface area (Å²) in [4.78, 5) is 36.4. The zero-order chi connectivity index (χ0) is 24.2. The molecule has 0 atom stereocenters. The fraction of sp³-hybridized carbons (Fsp3) is 0.0833. The van der Waals surface area contributed by atoms with Gasteiger partial charge in [0.15, 0.2) is 0 Å². The first-order chi connectivity index (χ1) is 16.3. The van der Waals surface area contributed by atoms with Crippen molar-refractivity contribution in [3.63, 3.8) is 0 Å². The van der Waals surface area contributed by atoms with Crippen LogP contribution in [-0.2, 0) is 17.9 Å². The van der Waals surface area contributed by atoms with Crippen LogP contribution in [0.4, 0.5) is 14.9 Å². The second-order valence-electron chi connectivity index (χ2n) is 7.38. The van der Waals surface area contributed by atoms with Gasteiger partial charge < -0.3 is 10.1 Å². The summed E-state index contributed by atoms with van der Waals surface area (Å²) in [7, 11) is 0. The Hall–Kier alpha value is -3.80. The number of hydrogen-bond acceptors (Lipinski definition) is 5. The van der Waals surface area contributed by atoms with E-state index in [1.54, 1.807) is 36.4 Å². The van der Waals surface area contributed by atoms with Crippen LogP contribution in [0, 0.1) is 19.5 Å². The van der Waals surface area contributed by atoms with Crippen LogP contribution in [-0.4, -0.2) is 21.8 Å². The van der Waals surface area contributed by atoms with Crippen LogP contribution in [0.2, 0.25) is 0 Å². The van der Waals surface area contributed by atoms with Crippen molar-refractivity contribution in [2.45, 2.75) is 13.2 Å². The molecule has 10 heteroatoms. The van der Waals surface area contributed by atoms with E-state index in [9.17, 15) is 24.1 Å². The molecule has 8 nitrogen and oxygen atoms in total. The van der Waals surface area contributed by atoms with Gasteiger partial charge in [-0.15, -0.1) is 0 Å². The van der Waals surface area contributed by atoms with Crippen LogP contribution in [0.25, 0.3) is 6.08 Å². The number of benzene rings is 3. The van der Waals surface area contributed by atoms with E-state index in [1.165, 1.54) is 36.4 Å². The third kappa shape index (κ3) is 5.22. The van der Waals surface area contributed by atoms with Crippen molar-refractivity contribution >= 4 is 46.3 Å². The monoisotopic (exact) mass is 573 g/mol. The first kappa shape index (κ1) is 23.4. The van der Waals surface area contributed by atoms with E-state index in [0.717, 1.165) is 8.47 Å². The van der Waals surface area contributed by atoms with E-state index < -0.39 is 22.7 Å². The van der Waals surface area contributed by atoms with Gasteiger partial charge in [-0.1, -0.05) is 36.4 Å². The molecule has 0 unspecified atom stereocenters.